The Morgan fingerprint density at radius 3 is 2.83 bits per heavy atom. The molecule has 0 aliphatic carbocycles. The third-order valence-electron chi connectivity index (χ3n) is 2.22. The van der Waals surface area contributed by atoms with Crippen LogP contribution >= 0.6 is 11.8 Å². The Balaban J connectivity index is 2.76. The molecule has 0 saturated carbocycles. The van der Waals surface area contributed by atoms with Gasteiger partial charge in [-0.2, -0.15) is 11.8 Å². The molecule has 1 aromatic heterocycles. The highest BCUT2D eigenvalue weighted by Gasteiger charge is 2.20. The van der Waals surface area contributed by atoms with Crippen molar-refractivity contribution in [3.05, 3.63) is 23.9 Å². The second-order valence-corrected chi connectivity index (χ2v) is 4.41. The molecule has 0 bridgehead atoms. The number of hydrogen-bond acceptors (Lipinski definition) is 5. The van der Waals surface area contributed by atoms with Crippen LogP contribution < -0.4 is 10.6 Å². The lowest BCUT2D eigenvalue weighted by Gasteiger charge is -2.13. The summed E-state index contributed by atoms with van der Waals surface area (Å²) in [5.41, 5.74) is 0.377. The SMILES string of the molecule is CNc1cc(C(=O)N[C@@H](CSC)C(=O)O)ccn1. The first kappa shape index (κ1) is 14.3. The largest absolute Gasteiger partial charge is 0.480 e. The molecule has 0 unspecified atom stereocenters. The quantitative estimate of drug-likeness (QED) is 0.703. The summed E-state index contributed by atoms with van der Waals surface area (Å²) in [6.07, 6.45) is 3.28. The molecule has 7 heteroatoms. The van der Waals surface area contributed by atoms with Gasteiger partial charge in [0.1, 0.15) is 11.9 Å². The van der Waals surface area contributed by atoms with Crippen LogP contribution in [0.1, 0.15) is 10.4 Å². The van der Waals surface area contributed by atoms with Crippen LogP contribution in [0.5, 0.6) is 0 Å². The fourth-order valence-corrected chi connectivity index (χ4v) is 1.85. The second kappa shape index (κ2) is 6.85. The van der Waals surface area contributed by atoms with Gasteiger partial charge in [-0.3, -0.25) is 4.79 Å². The van der Waals surface area contributed by atoms with Gasteiger partial charge in [-0.15, -0.1) is 0 Å². The van der Waals surface area contributed by atoms with Crippen molar-refractivity contribution in [3.63, 3.8) is 0 Å². The minimum absolute atomic E-state index is 0.324. The maximum absolute atomic E-state index is 11.9. The maximum Gasteiger partial charge on any atom is 0.327 e. The second-order valence-electron chi connectivity index (χ2n) is 3.50. The van der Waals surface area contributed by atoms with E-state index in [0.717, 1.165) is 0 Å². The van der Waals surface area contributed by atoms with Gasteiger partial charge in [0.15, 0.2) is 0 Å². The topological polar surface area (TPSA) is 91.3 Å². The van der Waals surface area contributed by atoms with Gasteiger partial charge >= 0.3 is 5.97 Å². The predicted octanol–water partition coefficient (Wildman–Crippen LogP) is 0.669. The summed E-state index contributed by atoms with van der Waals surface area (Å²) in [4.78, 5) is 26.8. The molecule has 98 valence electrons. The van der Waals surface area contributed by atoms with Crippen molar-refractivity contribution >= 4 is 29.5 Å². The average molecular weight is 269 g/mol. The first-order valence-electron chi connectivity index (χ1n) is 5.25. The zero-order chi connectivity index (χ0) is 13.5. The maximum atomic E-state index is 11.9. The summed E-state index contributed by atoms with van der Waals surface area (Å²) in [6, 6.07) is 2.21. The molecule has 1 amide bonds. The lowest BCUT2D eigenvalue weighted by Crippen LogP contribution is -2.42. The zero-order valence-electron chi connectivity index (χ0n) is 10.1. The fraction of sp³-hybridized carbons (Fsp3) is 0.364. The Hall–Kier alpha value is -1.76. The number of carbonyl (C=O) groups excluding carboxylic acids is 1. The van der Waals surface area contributed by atoms with E-state index in [1.807, 2.05) is 0 Å². The number of carbonyl (C=O) groups is 2. The highest BCUT2D eigenvalue weighted by Crippen LogP contribution is 2.07. The number of anilines is 1. The van der Waals surface area contributed by atoms with Crippen molar-refractivity contribution < 1.29 is 14.7 Å². The van der Waals surface area contributed by atoms with Crippen LogP contribution in [0.2, 0.25) is 0 Å². The molecule has 3 N–H and O–H groups in total. The number of aromatic nitrogens is 1. The van der Waals surface area contributed by atoms with E-state index in [2.05, 4.69) is 15.6 Å². The summed E-state index contributed by atoms with van der Waals surface area (Å²) in [6.45, 7) is 0. The number of carboxylic acid groups (broad SMARTS) is 1. The van der Waals surface area contributed by atoms with Crippen molar-refractivity contribution in [2.45, 2.75) is 6.04 Å². The average Bonchev–Trinajstić information content (AvgIpc) is 2.38. The van der Waals surface area contributed by atoms with Crippen LogP contribution in [0.15, 0.2) is 18.3 Å². The van der Waals surface area contributed by atoms with Crippen molar-refractivity contribution in [1.29, 1.82) is 0 Å². The van der Waals surface area contributed by atoms with Crippen LogP contribution in [-0.2, 0) is 4.79 Å². The van der Waals surface area contributed by atoms with Crippen molar-refractivity contribution in [2.24, 2.45) is 0 Å². The number of amides is 1. The van der Waals surface area contributed by atoms with E-state index in [1.54, 1.807) is 19.4 Å². The third kappa shape index (κ3) is 3.92. The van der Waals surface area contributed by atoms with Gasteiger partial charge in [-0.05, 0) is 18.4 Å². The highest BCUT2D eigenvalue weighted by atomic mass is 32.2. The van der Waals surface area contributed by atoms with Crippen molar-refractivity contribution in [1.82, 2.24) is 10.3 Å². The number of pyridine rings is 1. The Morgan fingerprint density at radius 2 is 2.28 bits per heavy atom. The molecule has 6 nitrogen and oxygen atoms in total. The number of carboxylic acids is 1. The standard InChI is InChI=1S/C11H15N3O3S/c1-12-9-5-7(3-4-13-9)10(15)14-8(6-18-2)11(16)17/h3-5,8H,6H2,1-2H3,(H,12,13)(H,14,15)(H,16,17)/t8-/m0/s1. The zero-order valence-corrected chi connectivity index (χ0v) is 11.0. The van der Waals surface area contributed by atoms with Crippen LogP contribution in [-0.4, -0.2) is 47.1 Å². The molecule has 0 radical (unpaired) electrons. The fourth-order valence-electron chi connectivity index (χ4n) is 1.29. The van der Waals surface area contributed by atoms with E-state index < -0.39 is 17.9 Å². The van der Waals surface area contributed by atoms with E-state index in [4.69, 9.17) is 5.11 Å². The highest BCUT2D eigenvalue weighted by molar-refractivity contribution is 7.98. The third-order valence-corrected chi connectivity index (χ3v) is 2.88. The van der Waals surface area contributed by atoms with Crippen LogP contribution in [0.25, 0.3) is 0 Å². The lowest BCUT2D eigenvalue weighted by molar-refractivity contribution is -0.138. The molecule has 1 heterocycles. The number of rotatable bonds is 6. The molecule has 0 spiro atoms. The van der Waals surface area contributed by atoms with Crippen molar-refractivity contribution in [3.8, 4) is 0 Å². The van der Waals surface area contributed by atoms with Crippen LogP contribution in [0.3, 0.4) is 0 Å². The van der Waals surface area contributed by atoms with E-state index >= 15 is 0 Å². The monoisotopic (exact) mass is 269 g/mol. The molecule has 0 aliphatic heterocycles. The molecule has 18 heavy (non-hydrogen) atoms. The van der Waals surface area contributed by atoms with E-state index in [-0.39, 0.29) is 0 Å². The molecular weight excluding hydrogens is 254 g/mol. The number of aliphatic carboxylic acids is 1. The summed E-state index contributed by atoms with van der Waals surface area (Å²) < 4.78 is 0. The van der Waals surface area contributed by atoms with E-state index in [0.29, 0.717) is 17.1 Å². The Kier molecular flexibility index (Phi) is 5.44. The van der Waals surface area contributed by atoms with Gasteiger partial charge in [0.25, 0.3) is 5.91 Å². The van der Waals surface area contributed by atoms with Gasteiger partial charge in [-0.25, -0.2) is 9.78 Å². The summed E-state index contributed by atoms with van der Waals surface area (Å²) in [7, 11) is 1.69. The van der Waals surface area contributed by atoms with Gasteiger partial charge in [0.2, 0.25) is 0 Å². The van der Waals surface area contributed by atoms with Crippen LogP contribution in [0.4, 0.5) is 5.82 Å². The lowest BCUT2D eigenvalue weighted by atomic mass is 10.2. The predicted molar refractivity (Wildman–Crippen MR) is 71.1 cm³/mol. The van der Waals surface area contributed by atoms with Gasteiger partial charge in [-0.1, -0.05) is 0 Å². The first-order valence-corrected chi connectivity index (χ1v) is 6.64. The molecule has 0 aromatic carbocycles. The first-order chi connectivity index (χ1) is 8.58. The van der Waals surface area contributed by atoms with E-state index in [1.165, 1.54) is 24.0 Å². The molecule has 1 aromatic rings. The molecule has 0 saturated heterocycles. The normalized spacial score (nSPS) is 11.7. The molecule has 0 aliphatic rings. The molecule has 1 atom stereocenters. The number of nitrogens with zero attached hydrogens (tertiary/aromatic N) is 1. The summed E-state index contributed by atoms with van der Waals surface area (Å²) in [5.74, 6) is -0.583. The number of hydrogen-bond donors (Lipinski definition) is 3. The van der Waals surface area contributed by atoms with Gasteiger partial charge in [0.05, 0.1) is 0 Å². The molecule has 1 rings (SSSR count). The Morgan fingerprint density at radius 1 is 1.56 bits per heavy atom. The molecular formula is C11H15N3O3S. The minimum Gasteiger partial charge on any atom is -0.480 e. The summed E-state index contributed by atoms with van der Waals surface area (Å²) in [5, 5.41) is 14.2. The summed E-state index contributed by atoms with van der Waals surface area (Å²) >= 11 is 1.36. The van der Waals surface area contributed by atoms with Gasteiger partial charge in [0, 0.05) is 24.6 Å². The van der Waals surface area contributed by atoms with Crippen molar-refractivity contribution in [2.75, 3.05) is 24.4 Å². The number of nitrogens with one attached hydrogen (secondary N) is 2. The number of thioether (sulfide) groups is 1. The Bertz CT molecular complexity index is 439. The van der Waals surface area contributed by atoms with Gasteiger partial charge < -0.3 is 15.7 Å². The minimum atomic E-state index is -1.04. The smallest absolute Gasteiger partial charge is 0.327 e. The Labute approximate surface area is 109 Å². The van der Waals surface area contributed by atoms with E-state index in [9.17, 15) is 9.59 Å². The molecule has 0 fully saturated rings. The van der Waals surface area contributed by atoms with Crippen LogP contribution in [0, 0.1) is 0 Å².